The average Bonchev–Trinajstić information content (AvgIpc) is 2.03. The van der Waals surface area contributed by atoms with Gasteiger partial charge in [0.2, 0.25) is 0 Å². The normalized spacial score (nSPS) is 26.5. The summed E-state index contributed by atoms with van der Waals surface area (Å²) in [5.41, 5.74) is 1.41. The predicted molar refractivity (Wildman–Crippen MR) is 49.8 cm³/mol. The largest absolute Gasteiger partial charge is 0.269 e. The summed E-state index contributed by atoms with van der Waals surface area (Å²) in [5.74, 6) is 1.47. The summed E-state index contributed by atoms with van der Waals surface area (Å²) in [4.78, 5) is 4.22. The third-order valence-corrected chi connectivity index (χ3v) is 2.50. The minimum Gasteiger partial charge on any atom is -0.269 e. The number of nitrogens with zero attached hydrogens (tertiary/aromatic N) is 1. The van der Waals surface area contributed by atoms with E-state index >= 15 is 0 Å². The fourth-order valence-corrected chi connectivity index (χ4v) is 1.41. The summed E-state index contributed by atoms with van der Waals surface area (Å²) < 4.78 is 0. The van der Waals surface area contributed by atoms with Crippen LogP contribution in [0.3, 0.4) is 0 Å². The summed E-state index contributed by atoms with van der Waals surface area (Å²) in [5, 5.41) is 0. The second-order valence-electron chi connectivity index (χ2n) is 3.53. The number of hydrogen-bond acceptors (Lipinski definition) is 1. The first kappa shape index (κ1) is 8.51. The Kier molecular flexibility index (Phi) is 2.86. The van der Waals surface area contributed by atoms with Gasteiger partial charge in [-0.2, -0.15) is 0 Å². The Morgan fingerprint density at radius 1 is 1.73 bits per heavy atom. The third-order valence-electron chi connectivity index (χ3n) is 2.50. The maximum Gasteiger partial charge on any atom is 0.0253 e. The minimum absolute atomic E-state index is 0.685. The Morgan fingerprint density at radius 3 is 3.00 bits per heavy atom. The van der Waals surface area contributed by atoms with Crippen LogP contribution >= 0.6 is 0 Å². The van der Waals surface area contributed by atoms with Crippen molar-refractivity contribution in [1.82, 2.24) is 0 Å². The van der Waals surface area contributed by atoms with Crippen molar-refractivity contribution < 1.29 is 0 Å². The second-order valence-corrected chi connectivity index (χ2v) is 3.53. The van der Waals surface area contributed by atoms with Crippen molar-refractivity contribution in [2.24, 2.45) is 16.8 Å². The van der Waals surface area contributed by atoms with Crippen molar-refractivity contribution in [2.75, 3.05) is 0 Å². The zero-order chi connectivity index (χ0) is 8.27. The molecule has 0 aliphatic carbocycles. The van der Waals surface area contributed by atoms with Crippen LogP contribution in [-0.4, -0.2) is 6.21 Å². The molecule has 0 N–H and O–H groups in total. The molecule has 1 nitrogen and oxygen atoms in total. The quantitative estimate of drug-likeness (QED) is 0.575. The van der Waals surface area contributed by atoms with Gasteiger partial charge in [-0.3, -0.25) is 4.99 Å². The van der Waals surface area contributed by atoms with Crippen LogP contribution in [0.15, 0.2) is 16.8 Å². The van der Waals surface area contributed by atoms with Gasteiger partial charge in [0.15, 0.2) is 0 Å². The highest BCUT2D eigenvalue weighted by Crippen LogP contribution is 2.23. The van der Waals surface area contributed by atoms with Crippen LogP contribution in [-0.2, 0) is 0 Å². The fraction of sp³-hybridized carbons (Fsp3) is 0.700. The maximum atomic E-state index is 4.22. The van der Waals surface area contributed by atoms with E-state index in [0.29, 0.717) is 5.92 Å². The van der Waals surface area contributed by atoms with Gasteiger partial charge in [-0.1, -0.05) is 25.8 Å². The molecule has 0 aromatic rings. The smallest absolute Gasteiger partial charge is 0.0253 e. The van der Waals surface area contributed by atoms with E-state index < -0.39 is 0 Å². The average molecular weight is 151 g/mol. The van der Waals surface area contributed by atoms with E-state index in [9.17, 15) is 0 Å². The van der Waals surface area contributed by atoms with Crippen LogP contribution in [0, 0.1) is 11.8 Å². The summed E-state index contributed by atoms with van der Waals surface area (Å²) in [6.07, 6.45) is 6.53. The van der Waals surface area contributed by atoms with Gasteiger partial charge < -0.3 is 0 Å². The van der Waals surface area contributed by atoms with E-state index in [0.717, 1.165) is 5.92 Å². The van der Waals surface area contributed by atoms with Gasteiger partial charge in [0.05, 0.1) is 0 Å². The Balaban J connectivity index is 2.52. The lowest BCUT2D eigenvalue weighted by Gasteiger charge is -2.20. The Bertz CT molecular complexity index is 179. The number of rotatable bonds is 2. The van der Waals surface area contributed by atoms with Crippen LogP contribution in [0.4, 0.5) is 0 Å². The van der Waals surface area contributed by atoms with E-state index in [4.69, 9.17) is 0 Å². The molecule has 0 amide bonds. The SMILES string of the molecule is CCC(C)[C@H]1C=NC=C(C)C1. The highest BCUT2D eigenvalue weighted by molar-refractivity contribution is 5.63. The van der Waals surface area contributed by atoms with Crippen LogP contribution in [0.1, 0.15) is 33.6 Å². The van der Waals surface area contributed by atoms with Gasteiger partial charge in [0.25, 0.3) is 0 Å². The highest BCUT2D eigenvalue weighted by atomic mass is 14.7. The molecule has 1 rings (SSSR count). The molecule has 0 fully saturated rings. The van der Waals surface area contributed by atoms with E-state index in [1.54, 1.807) is 0 Å². The molecule has 1 aliphatic heterocycles. The molecule has 62 valence electrons. The summed E-state index contributed by atoms with van der Waals surface area (Å²) >= 11 is 0. The molecule has 0 aromatic carbocycles. The van der Waals surface area contributed by atoms with Gasteiger partial charge in [0, 0.05) is 18.3 Å². The van der Waals surface area contributed by atoms with Gasteiger partial charge in [0.1, 0.15) is 0 Å². The van der Waals surface area contributed by atoms with Crippen LogP contribution in [0.5, 0.6) is 0 Å². The summed E-state index contributed by atoms with van der Waals surface area (Å²) in [6, 6.07) is 0. The molecule has 0 saturated heterocycles. The topological polar surface area (TPSA) is 12.4 Å². The lowest BCUT2D eigenvalue weighted by atomic mass is 9.87. The van der Waals surface area contributed by atoms with E-state index in [1.165, 1.54) is 18.4 Å². The van der Waals surface area contributed by atoms with Crippen LogP contribution in [0.25, 0.3) is 0 Å². The molecule has 11 heavy (non-hydrogen) atoms. The van der Waals surface area contributed by atoms with E-state index in [1.807, 2.05) is 6.20 Å². The first-order chi connectivity index (χ1) is 5.24. The second kappa shape index (κ2) is 3.70. The predicted octanol–water partition coefficient (Wildman–Crippen LogP) is 3.03. The molecule has 2 atom stereocenters. The Hall–Kier alpha value is -0.590. The van der Waals surface area contributed by atoms with Crippen molar-refractivity contribution >= 4 is 6.21 Å². The highest BCUT2D eigenvalue weighted by Gasteiger charge is 2.15. The van der Waals surface area contributed by atoms with Gasteiger partial charge in [-0.25, -0.2) is 0 Å². The Morgan fingerprint density at radius 2 is 2.45 bits per heavy atom. The van der Waals surface area contributed by atoms with Gasteiger partial charge >= 0.3 is 0 Å². The molecule has 0 spiro atoms. The van der Waals surface area contributed by atoms with E-state index in [-0.39, 0.29) is 0 Å². The fourth-order valence-electron chi connectivity index (χ4n) is 1.41. The van der Waals surface area contributed by atoms with Gasteiger partial charge in [-0.15, -0.1) is 0 Å². The molecule has 0 bridgehead atoms. The van der Waals surface area contributed by atoms with Crippen molar-refractivity contribution in [1.29, 1.82) is 0 Å². The molecule has 0 radical (unpaired) electrons. The van der Waals surface area contributed by atoms with Crippen molar-refractivity contribution in [2.45, 2.75) is 33.6 Å². The number of hydrogen-bond donors (Lipinski definition) is 0. The molecule has 1 heterocycles. The Labute approximate surface area is 69.2 Å². The number of aliphatic imine (C=N–C) groups is 1. The standard InChI is InChI=1S/C10H17N/c1-4-9(3)10-5-8(2)6-11-7-10/h6-7,9-10H,4-5H2,1-3H3/t9?,10-/m1/s1. The molecule has 1 unspecified atom stereocenters. The first-order valence-corrected chi connectivity index (χ1v) is 4.43. The van der Waals surface area contributed by atoms with Crippen molar-refractivity contribution in [3.8, 4) is 0 Å². The van der Waals surface area contributed by atoms with Gasteiger partial charge in [-0.05, 0) is 19.3 Å². The molecule has 0 aromatic heterocycles. The molecular weight excluding hydrogens is 134 g/mol. The summed E-state index contributed by atoms with van der Waals surface area (Å²) in [6.45, 7) is 6.70. The molecule has 1 aliphatic rings. The maximum absolute atomic E-state index is 4.22. The third kappa shape index (κ3) is 2.18. The first-order valence-electron chi connectivity index (χ1n) is 4.43. The van der Waals surface area contributed by atoms with Crippen LogP contribution < -0.4 is 0 Å². The molecule has 1 heteroatoms. The van der Waals surface area contributed by atoms with Crippen LogP contribution in [0.2, 0.25) is 0 Å². The van der Waals surface area contributed by atoms with Crippen molar-refractivity contribution in [3.63, 3.8) is 0 Å². The van der Waals surface area contributed by atoms with Crippen molar-refractivity contribution in [3.05, 3.63) is 11.8 Å². The minimum atomic E-state index is 0.685. The zero-order valence-corrected chi connectivity index (χ0v) is 7.67. The summed E-state index contributed by atoms with van der Waals surface area (Å²) in [7, 11) is 0. The zero-order valence-electron chi connectivity index (χ0n) is 7.67. The molecular formula is C10H17N. The number of allylic oxidation sites excluding steroid dienone is 1. The monoisotopic (exact) mass is 151 g/mol. The lowest BCUT2D eigenvalue weighted by molar-refractivity contribution is 0.440. The molecule has 0 saturated carbocycles. The van der Waals surface area contributed by atoms with E-state index in [2.05, 4.69) is 32.0 Å². The lowest BCUT2D eigenvalue weighted by Crippen LogP contribution is -2.14.